The number of Topliss-reactive ketones (excluding diaryl/α,β-unsaturated/α-hetero) is 1. The molecule has 0 aliphatic rings. The van der Waals surface area contributed by atoms with E-state index in [4.69, 9.17) is 5.73 Å². The van der Waals surface area contributed by atoms with Crippen LogP contribution in [-0.4, -0.2) is 16.7 Å². The summed E-state index contributed by atoms with van der Waals surface area (Å²) in [6, 6.07) is 8.02. The number of carbonyl (C=O) groups excluding carboxylic acids is 2. The van der Waals surface area contributed by atoms with Crippen molar-refractivity contribution < 1.29 is 9.59 Å². The molecule has 0 radical (unpaired) electrons. The molecule has 2 aromatic rings. The third-order valence-electron chi connectivity index (χ3n) is 3.95. The van der Waals surface area contributed by atoms with Crippen molar-refractivity contribution in [2.45, 2.75) is 44.1 Å². The van der Waals surface area contributed by atoms with E-state index in [9.17, 15) is 9.59 Å². The van der Waals surface area contributed by atoms with Crippen LogP contribution in [0, 0.1) is 5.92 Å². The number of ketones is 1. The summed E-state index contributed by atoms with van der Waals surface area (Å²) in [5, 5.41) is 1.95. The molecule has 4 nitrogen and oxygen atoms in total. The number of amides is 1. The predicted molar refractivity (Wildman–Crippen MR) is 91.1 cm³/mol. The van der Waals surface area contributed by atoms with Gasteiger partial charge >= 0.3 is 0 Å². The highest BCUT2D eigenvalue weighted by atomic mass is 32.1. The van der Waals surface area contributed by atoms with Gasteiger partial charge in [-0.1, -0.05) is 25.1 Å². The van der Waals surface area contributed by atoms with Crippen molar-refractivity contribution in [1.82, 2.24) is 4.98 Å². The van der Waals surface area contributed by atoms with Crippen LogP contribution in [0.5, 0.6) is 0 Å². The van der Waals surface area contributed by atoms with Crippen LogP contribution in [0.1, 0.15) is 38.2 Å². The zero-order valence-corrected chi connectivity index (χ0v) is 13.7. The molecular formula is C17H22N2O2S. The summed E-state index contributed by atoms with van der Waals surface area (Å²) in [6.45, 7) is 1.95. The van der Waals surface area contributed by atoms with Crippen LogP contribution in [0.2, 0.25) is 0 Å². The number of rotatable bonds is 8. The molecule has 1 amide bonds. The maximum Gasteiger partial charge on any atom is 0.217 e. The number of hydrogen-bond acceptors (Lipinski definition) is 3. The fourth-order valence-corrected chi connectivity index (χ4v) is 2.99. The average Bonchev–Trinajstić information content (AvgIpc) is 2.79. The molecule has 0 unspecified atom stereocenters. The number of aromatic nitrogens is 1. The van der Waals surface area contributed by atoms with Gasteiger partial charge in [0.15, 0.2) is 0 Å². The fourth-order valence-electron chi connectivity index (χ4n) is 2.66. The van der Waals surface area contributed by atoms with Crippen LogP contribution in [0.25, 0.3) is 10.9 Å². The largest absolute Gasteiger partial charge is 0.370 e. The van der Waals surface area contributed by atoms with Crippen molar-refractivity contribution in [2.24, 2.45) is 11.7 Å². The third-order valence-corrected chi connectivity index (χ3v) is 4.33. The summed E-state index contributed by atoms with van der Waals surface area (Å²) in [4.78, 5) is 26.1. The maximum absolute atomic E-state index is 12.2. The minimum Gasteiger partial charge on any atom is -0.370 e. The molecule has 2 rings (SSSR count). The molecule has 3 N–H and O–H groups in total. The molecule has 0 saturated carbocycles. The standard InChI is InChI=1S/C17H22N2O2S/c1-11(15(20)8-4-5-9-16(18)21)10-13-12-6-2-3-7-14(12)19-17(13)22/h2-3,6-7,11,19,22H,4-5,8-10H2,1H3,(H2,18,21)/t11-/m1/s1. The number of carbonyl (C=O) groups is 2. The van der Waals surface area contributed by atoms with Crippen LogP contribution in [0.4, 0.5) is 0 Å². The molecule has 1 heterocycles. The highest BCUT2D eigenvalue weighted by Gasteiger charge is 2.17. The van der Waals surface area contributed by atoms with Crippen LogP contribution < -0.4 is 5.73 Å². The molecular weight excluding hydrogens is 296 g/mol. The number of benzene rings is 1. The van der Waals surface area contributed by atoms with Crippen LogP contribution in [0.3, 0.4) is 0 Å². The van der Waals surface area contributed by atoms with E-state index in [0.717, 1.165) is 21.5 Å². The molecule has 22 heavy (non-hydrogen) atoms. The van der Waals surface area contributed by atoms with Gasteiger partial charge in [-0.25, -0.2) is 0 Å². The zero-order chi connectivity index (χ0) is 16.1. The Balaban J connectivity index is 1.95. The number of para-hydroxylation sites is 1. The first-order valence-electron chi connectivity index (χ1n) is 7.58. The molecule has 1 aromatic carbocycles. The van der Waals surface area contributed by atoms with Gasteiger partial charge < -0.3 is 10.7 Å². The van der Waals surface area contributed by atoms with Gasteiger partial charge in [-0.05, 0) is 30.9 Å². The van der Waals surface area contributed by atoms with Crippen LogP contribution >= 0.6 is 12.6 Å². The molecule has 5 heteroatoms. The summed E-state index contributed by atoms with van der Waals surface area (Å²) in [6.07, 6.45) is 2.92. The second-order valence-corrected chi connectivity index (χ2v) is 6.19. The molecule has 118 valence electrons. The molecule has 0 aliphatic heterocycles. The molecule has 0 saturated heterocycles. The molecule has 0 fully saturated rings. The van der Waals surface area contributed by atoms with Gasteiger partial charge in [0.1, 0.15) is 5.78 Å². The molecule has 1 aromatic heterocycles. The summed E-state index contributed by atoms with van der Waals surface area (Å²) in [5.41, 5.74) is 7.23. The first-order chi connectivity index (χ1) is 10.5. The Morgan fingerprint density at radius 1 is 1.23 bits per heavy atom. The van der Waals surface area contributed by atoms with E-state index in [0.29, 0.717) is 32.1 Å². The quantitative estimate of drug-likeness (QED) is 0.516. The van der Waals surface area contributed by atoms with Gasteiger partial charge in [-0.3, -0.25) is 9.59 Å². The number of nitrogens with two attached hydrogens (primary N) is 1. The Kier molecular flexibility index (Phi) is 5.66. The van der Waals surface area contributed by atoms with Crippen LogP contribution in [-0.2, 0) is 16.0 Å². The molecule has 0 spiro atoms. The van der Waals surface area contributed by atoms with Crippen molar-refractivity contribution in [3.8, 4) is 0 Å². The third kappa shape index (κ3) is 4.13. The number of fused-ring (bicyclic) bond motifs is 1. The topological polar surface area (TPSA) is 75.9 Å². The number of nitrogens with one attached hydrogen (secondary N) is 1. The number of thiol groups is 1. The second-order valence-electron chi connectivity index (χ2n) is 5.74. The van der Waals surface area contributed by atoms with E-state index >= 15 is 0 Å². The van der Waals surface area contributed by atoms with E-state index in [2.05, 4.69) is 17.6 Å². The van der Waals surface area contributed by atoms with Gasteiger partial charge in [0.2, 0.25) is 5.91 Å². The van der Waals surface area contributed by atoms with Crippen molar-refractivity contribution >= 4 is 35.2 Å². The lowest BCUT2D eigenvalue weighted by Gasteiger charge is -2.10. The monoisotopic (exact) mass is 318 g/mol. The average molecular weight is 318 g/mol. The van der Waals surface area contributed by atoms with E-state index < -0.39 is 0 Å². The van der Waals surface area contributed by atoms with Gasteiger partial charge in [0.25, 0.3) is 0 Å². The van der Waals surface area contributed by atoms with Crippen molar-refractivity contribution in [2.75, 3.05) is 0 Å². The Morgan fingerprint density at radius 3 is 2.64 bits per heavy atom. The number of unbranched alkanes of at least 4 members (excludes halogenated alkanes) is 1. The Labute approximate surface area is 135 Å². The minimum atomic E-state index is -0.306. The maximum atomic E-state index is 12.2. The summed E-state index contributed by atoms with van der Waals surface area (Å²) < 4.78 is 0. The highest BCUT2D eigenvalue weighted by molar-refractivity contribution is 7.80. The van der Waals surface area contributed by atoms with E-state index in [1.807, 2.05) is 31.2 Å². The lowest BCUT2D eigenvalue weighted by molar-refractivity contribution is -0.123. The SMILES string of the molecule is C[C@H](Cc1c(S)[nH]c2ccccc12)C(=O)CCCCC(N)=O. The van der Waals surface area contributed by atoms with Gasteiger partial charge in [0, 0.05) is 29.7 Å². The summed E-state index contributed by atoms with van der Waals surface area (Å²) in [5.74, 6) is -0.139. The van der Waals surface area contributed by atoms with Gasteiger partial charge in [-0.2, -0.15) is 0 Å². The highest BCUT2D eigenvalue weighted by Crippen LogP contribution is 2.27. The van der Waals surface area contributed by atoms with Crippen molar-refractivity contribution in [3.63, 3.8) is 0 Å². The lowest BCUT2D eigenvalue weighted by atomic mass is 9.93. The smallest absolute Gasteiger partial charge is 0.217 e. The number of aromatic amines is 1. The molecule has 0 bridgehead atoms. The fraction of sp³-hybridized carbons (Fsp3) is 0.412. The van der Waals surface area contributed by atoms with Crippen LogP contribution in [0.15, 0.2) is 29.3 Å². The second kappa shape index (κ2) is 7.49. The molecule has 0 aliphatic carbocycles. The van der Waals surface area contributed by atoms with E-state index in [1.54, 1.807) is 0 Å². The van der Waals surface area contributed by atoms with Gasteiger partial charge in [0.05, 0.1) is 5.03 Å². The number of hydrogen-bond donors (Lipinski definition) is 3. The number of primary amides is 1. The normalized spacial score (nSPS) is 12.5. The van der Waals surface area contributed by atoms with Gasteiger partial charge in [-0.15, -0.1) is 12.6 Å². The van der Waals surface area contributed by atoms with E-state index in [-0.39, 0.29) is 17.6 Å². The Bertz CT molecular complexity index is 678. The first kappa shape index (κ1) is 16.6. The number of H-pyrrole nitrogens is 1. The zero-order valence-electron chi connectivity index (χ0n) is 12.8. The van der Waals surface area contributed by atoms with Crippen molar-refractivity contribution in [1.29, 1.82) is 0 Å². The van der Waals surface area contributed by atoms with E-state index in [1.165, 1.54) is 0 Å². The lowest BCUT2D eigenvalue weighted by Crippen LogP contribution is -2.14. The summed E-state index contributed by atoms with van der Waals surface area (Å²) in [7, 11) is 0. The van der Waals surface area contributed by atoms with Crippen molar-refractivity contribution in [3.05, 3.63) is 29.8 Å². The first-order valence-corrected chi connectivity index (χ1v) is 8.03. The molecule has 1 atom stereocenters. The Morgan fingerprint density at radius 2 is 1.91 bits per heavy atom. The minimum absolute atomic E-state index is 0.0568. The summed E-state index contributed by atoms with van der Waals surface area (Å²) >= 11 is 4.49. The Hall–Kier alpha value is -1.75. The predicted octanol–water partition coefficient (Wildman–Crippen LogP) is 3.25.